The number of rotatable bonds is 0. The van der Waals surface area contributed by atoms with E-state index in [9.17, 15) is 24.6 Å². The van der Waals surface area contributed by atoms with Gasteiger partial charge < -0.3 is 19.7 Å². The third kappa shape index (κ3) is 1.48. The van der Waals surface area contributed by atoms with Crippen molar-refractivity contribution in [1.82, 2.24) is 0 Å². The minimum absolute atomic E-state index is 0.0312. The van der Waals surface area contributed by atoms with Crippen molar-refractivity contribution in [3.05, 3.63) is 29.3 Å². The second-order valence-corrected chi connectivity index (χ2v) is 6.23. The molecule has 0 aromatic heterocycles. The van der Waals surface area contributed by atoms with Crippen LogP contribution in [0.15, 0.2) is 18.2 Å². The number of ether oxygens (including phenoxy) is 2. The lowest BCUT2D eigenvalue weighted by molar-refractivity contribution is -0.258. The average Bonchev–Trinajstić information content (AvgIpc) is 2.49. The van der Waals surface area contributed by atoms with E-state index in [1.54, 1.807) is 0 Å². The van der Waals surface area contributed by atoms with Crippen LogP contribution in [0.25, 0.3) is 0 Å². The van der Waals surface area contributed by atoms with Gasteiger partial charge in [-0.1, -0.05) is 12.1 Å². The van der Waals surface area contributed by atoms with Gasteiger partial charge in [0.1, 0.15) is 5.75 Å². The third-order valence-electron chi connectivity index (χ3n) is 5.03. The quantitative estimate of drug-likeness (QED) is 0.665. The summed E-state index contributed by atoms with van der Waals surface area (Å²) >= 11 is 0. The van der Waals surface area contributed by atoms with Crippen LogP contribution >= 0.6 is 0 Å². The van der Waals surface area contributed by atoms with E-state index in [0.29, 0.717) is 0 Å². The van der Waals surface area contributed by atoms with E-state index in [1.165, 1.54) is 25.1 Å². The number of ketones is 2. The van der Waals surface area contributed by atoms with Crippen molar-refractivity contribution in [3.63, 3.8) is 0 Å². The zero-order chi connectivity index (χ0) is 16.6. The molecule has 4 rings (SSSR count). The lowest BCUT2D eigenvalue weighted by Crippen LogP contribution is -2.77. The van der Waals surface area contributed by atoms with Gasteiger partial charge >= 0.3 is 5.97 Å². The van der Waals surface area contributed by atoms with Crippen molar-refractivity contribution in [2.24, 2.45) is 0 Å². The topological polar surface area (TPSA) is 110 Å². The van der Waals surface area contributed by atoms with Crippen molar-refractivity contribution in [2.45, 2.75) is 43.2 Å². The number of fused-ring (bicyclic) bond motifs is 2. The summed E-state index contributed by atoms with van der Waals surface area (Å²) in [6, 6.07) is 4.06. The van der Waals surface area contributed by atoms with Gasteiger partial charge in [0.15, 0.2) is 0 Å². The van der Waals surface area contributed by atoms with Crippen LogP contribution in [0.2, 0.25) is 0 Å². The first-order chi connectivity index (χ1) is 10.8. The number of carbonyl (C=O) groups excluding carboxylic acids is 3. The van der Waals surface area contributed by atoms with Gasteiger partial charge in [-0.15, -0.1) is 0 Å². The number of benzene rings is 1. The molecule has 4 atom stereocenters. The van der Waals surface area contributed by atoms with Crippen LogP contribution in [-0.4, -0.2) is 51.2 Å². The number of aromatic hydroxyl groups is 1. The van der Waals surface area contributed by atoms with Crippen LogP contribution in [0.4, 0.5) is 0 Å². The van der Waals surface area contributed by atoms with E-state index in [1.807, 2.05) is 0 Å². The molecule has 1 aromatic rings. The summed E-state index contributed by atoms with van der Waals surface area (Å²) in [4.78, 5) is 37.8. The highest BCUT2D eigenvalue weighted by molar-refractivity contribution is 6.24. The number of Topliss-reactive ketones (excluding diaryl/α,β-unsaturated/α-hetero) is 2. The normalized spacial score (nSPS) is 38.6. The Hall–Kier alpha value is -2.25. The Balaban J connectivity index is 2.04. The van der Waals surface area contributed by atoms with E-state index in [-0.39, 0.29) is 24.0 Å². The molecule has 2 bridgehead atoms. The number of esters is 1. The molecule has 0 amide bonds. The molecule has 2 aliphatic heterocycles. The van der Waals surface area contributed by atoms with Gasteiger partial charge in [-0.2, -0.15) is 0 Å². The van der Waals surface area contributed by atoms with Crippen molar-refractivity contribution in [2.75, 3.05) is 0 Å². The first-order valence-corrected chi connectivity index (χ1v) is 7.32. The minimum atomic E-state index is -2.36. The Morgan fingerprint density at radius 1 is 1.22 bits per heavy atom. The van der Waals surface area contributed by atoms with Crippen molar-refractivity contribution in [3.8, 4) is 5.75 Å². The Labute approximate surface area is 130 Å². The summed E-state index contributed by atoms with van der Waals surface area (Å²) < 4.78 is 10.8. The molecule has 120 valence electrons. The van der Waals surface area contributed by atoms with Gasteiger partial charge in [-0.05, 0) is 13.0 Å². The van der Waals surface area contributed by atoms with Gasteiger partial charge in [0.25, 0.3) is 0 Å². The molecule has 3 aliphatic rings. The maximum absolute atomic E-state index is 13.0. The zero-order valence-electron chi connectivity index (χ0n) is 12.2. The van der Waals surface area contributed by atoms with Gasteiger partial charge in [0, 0.05) is 12.0 Å². The Kier molecular flexibility index (Phi) is 2.61. The van der Waals surface area contributed by atoms with Gasteiger partial charge in [0.05, 0.1) is 24.2 Å². The third-order valence-corrected chi connectivity index (χ3v) is 5.03. The molecule has 0 radical (unpaired) electrons. The Bertz CT molecular complexity index is 770. The standard InChI is InChI=1S/C16H14O7/c1-7-16(21)14(20)12-9(3-2-4-10(12)17)13(19)15(16)6-8(22-7)5-11(18)23-15/h2-4,7-8,17,21H,5-6H2,1H3/t7-,8-,15-,16-/m0/s1. The average molecular weight is 318 g/mol. The lowest BCUT2D eigenvalue weighted by atomic mass is 9.60. The molecule has 7 nitrogen and oxygen atoms in total. The highest BCUT2D eigenvalue weighted by Crippen LogP contribution is 2.51. The number of phenolic OH excluding ortho intramolecular Hbond substituents is 1. The molecular formula is C16H14O7. The number of aliphatic hydroxyl groups is 1. The van der Waals surface area contributed by atoms with Crippen LogP contribution in [0.1, 0.15) is 40.5 Å². The Morgan fingerprint density at radius 3 is 2.70 bits per heavy atom. The van der Waals surface area contributed by atoms with Crippen LogP contribution < -0.4 is 0 Å². The van der Waals surface area contributed by atoms with E-state index < -0.39 is 46.7 Å². The molecule has 0 unspecified atom stereocenters. The summed E-state index contributed by atoms with van der Waals surface area (Å²) in [5.41, 5.74) is -4.67. The highest BCUT2D eigenvalue weighted by Gasteiger charge is 2.73. The van der Waals surface area contributed by atoms with Crippen LogP contribution in [0.5, 0.6) is 5.75 Å². The van der Waals surface area contributed by atoms with Crippen molar-refractivity contribution >= 4 is 17.5 Å². The first kappa shape index (κ1) is 14.3. The lowest BCUT2D eigenvalue weighted by Gasteiger charge is -2.56. The van der Waals surface area contributed by atoms with Gasteiger partial charge in [-0.3, -0.25) is 14.4 Å². The molecule has 2 saturated heterocycles. The molecular weight excluding hydrogens is 304 g/mol. The predicted octanol–water partition coefficient (Wildman–Crippen LogP) is 0.365. The molecule has 2 N–H and O–H groups in total. The number of hydrogen-bond donors (Lipinski definition) is 2. The van der Waals surface area contributed by atoms with Crippen LogP contribution in [0, 0.1) is 0 Å². The monoisotopic (exact) mass is 318 g/mol. The smallest absolute Gasteiger partial charge is 0.309 e. The summed E-state index contributed by atoms with van der Waals surface area (Å²) in [5.74, 6) is -2.65. The summed E-state index contributed by atoms with van der Waals surface area (Å²) in [5, 5.41) is 21.1. The highest BCUT2D eigenvalue weighted by atomic mass is 16.6. The first-order valence-electron chi connectivity index (χ1n) is 7.32. The fraction of sp³-hybridized carbons (Fsp3) is 0.438. The number of carbonyl (C=O) groups is 3. The molecule has 23 heavy (non-hydrogen) atoms. The molecule has 0 saturated carbocycles. The summed E-state index contributed by atoms with van der Waals surface area (Å²) in [7, 11) is 0. The maximum Gasteiger partial charge on any atom is 0.309 e. The van der Waals surface area contributed by atoms with E-state index in [2.05, 4.69) is 0 Å². The predicted molar refractivity (Wildman–Crippen MR) is 74.1 cm³/mol. The largest absolute Gasteiger partial charge is 0.507 e. The molecule has 2 fully saturated rings. The van der Waals surface area contributed by atoms with Gasteiger partial charge in [-0.25, -0.2) is 0 Å². The fourth-order valence-electron chi connectivity index (χ4n) is 3.96. The van der Waals surface area contributed by atoms with E-state index in [4.69, 9.17) is 9.47 Å². The Morgan fingerprint density at radius 2 is 1.96 bits per heavy atom. The summed E-state index contributed by atoms with van der Waals surface area (Å²) in [6.07, 6.45) is -1.77. The fourth-order valence-corrected chi connectivity index (χ4v) is 3.96. The molecule has 2 heterocycles. The van der Waals surface area contributed by atoms with E-state index >= 15 is 0 Å². The van der Waals surface area contributed by atoms with Crippen molar-refractivity contribution < 1.29 is 34.1 Å². The molecule has 1 aromatic carbocycles. The second-order valence-electron chi connectivity index (χ2n) is 6.23. The van der Waals surface area contributed by atoms with E-state index in [0.717, 1.165) is 0 Å². The van der Waals surface area contributed by atoms with Crippen molar-refractivity contribution in [1.29, 1.82) is 0 Å². The molecule has 1 aliphatic carbocycles. The SMILES string of the molecule is C[C@@H]1O[C@H]2CC(=O)O[C@@]3(C2)C(=O)c2cccc(O)c2C(=O)[C@@]13O. The summed E-state index contributed by atoms with van der Waals surface area (Å²) in [6.45, 7) is 1.45. The maximum atomic E-state index is 13.0. The molecule has 7 heteroatoms. The van der Waals surface area contributed by atoms with Crippen LogP contribution in [-0.2, 0) is 14.3 Å². The second kappa shape index (κ2) is 4.18. The number of hydrogen-bond acceptors (Lipinski definition) is 7. The zero-order valence-corrected chi connectivity index (χ0v) is 12.2. The number of phenols is 1. The molecule has 1 spiro atoms. The minimum Gasteiger partial charge on any atom is -0.507 e. The van der Waals surface area contributed by atoms with Gasteiger partial charge in [0.2, 0.25) is 22.8 Å². The van der Waals surface area contributed by atoms with Crippen LogP contribution in [0.3, 0.4) is 0 Å².